The summed E-state index contributed by atoms with van der Waals surface area (Å²) in [4.78, 5) is 12.5. The van der Waals surface area contributed by atoms with Crippen molar-refractivity contribution in [2.75, 3.05) is 13.2 Å². The van der Waals surface area contributed by atoms with E-state index in [1.165, 1.54) is 11.8 Å². The molecule has 1 fully saturated rings. The van der Waals surface area contributed by atoms with Gasteiger partial charge < -0.3 is 20.2 Å². The Kier molecular flexibility index (Phi) is 3.47. The van der Waals surface area contributed by atoms with Gasteiger partial charge in [-0.2, -0.15) is 0 Å². The Hall–Kier alpha value is -0.650. The molecule has 0 aromatic carbocycles. The smallest absolute Gasteiger partial charge is 0.219 e. The maximum atomic E-state index is 11.2. The number of carbonyl (C=O) groups is 1. The van der Waals surface area contributed by atoms with Crippen LogP contribution >= 0.6 is 0 Å². The van der Waals surface area contributed by atoms with Gasteiger partial charge in [0.15, 0.2) is 0 Å². The van der Waals surface area contributed by atoms with Gasteiger partial charge in [-0.3, -0.25) is 4.79 Å². The fraction of sp³-hybridized carbons (Fsp3) is 0.889. The average molecular weight is 203 g/mol. The molecule has 3 N–H and O–H groups in total. The second kappa shape index (κ2) is 4.25. The van der Waals surface area contributed by atoms with Crippen molar-refractivity contribution in [2.24, 2.45) is 5.92 Å². The molecule has 4 unspecified atom stereocenters. The predicted octanol–water partition coefficient (Wildman–Crippen LogP) is -1.43. The summed E-state index contributed by atoms with van der Waals surface area (Å²) in [5.41, 5.74) is 0. The number of aliphatic hydroxyl groups is 3. The van der Waals surface area contributed by atoms with E-state index < -0.39 is 18.2 Å². The van der Waals surface area contributed by atoms with Crippen LogP contribution in [0.1, 0.15) is 13.8 Å². The van der Waals surface area contributed by atoms with E-state index in [1.54, 1.807) is 6.92 Å². The summed E-state index contributed by atoms with van der Waals surface area (Å²) in [6, 6.07) is -0.592. The van der Waals surface area contributed by atoms with Crippen molar-refractivity contribution < 1.29 is 20.1 Å². The summed E-state index contributed by atoms with van der Waals surface area (Å²) < 4.78 is 0. The van der Waals surface area contributed by atoms with Crippen molar-refractivity contribution in [2.45, 2.75) is 32.1 Å². The standard InChI is InChI=1S/C9H17NO4/c1-5-8(13)3-10(6(2)12)7(4-11)9(5)14/h5,7-9,11,13-14H,3-4H2,1-2H3. The molecule has 82 valence electrons. The molecule has 1 saturated heterocycles. The minimum absolute atomic E-state index is 0.179. The summed E-state index contributed by atoms with van der Waals surface area (Å²) in [6.45, 7) is 2.96. The van der Waals surface area contributed by atoms with Crippen molar-refractivity contribution >= 4 is 5.91 Å². The molecule has 0 spiro atoms. The SMILES string of the molecule is CC(=O)N1CC(O)C(C)C(O)C1CO. The van der Waals surface area contributed by atoms with Crippen LogP contribution in [0, 0.1) is 5.92 Å². The summed E-state index contributed by atoms with van der Waals surface area (Å²) in [5, 5.41) is 28.3. The highest BCUT2D eigenvalue weighted by atomic mass is 16.3. The van der Waals surface area contributed by atoms with Gasteiger partial charge in [-0.1, -0.05) is 6.92 Å². The summed E-state index contributed by atoms with van der Waals surface area (Å²) in [7, 11) is 0. The van der Waals surface area contributed by atoms with Crippen LogP contribution in [-0.2, 0) is 4.79 Å². The zero-order chi connectivity index (χ0) is 10.9. The highest BCUT2D eigenvalue weighted by Gasteiger charge is 2.40. The van der Waals surface area contributed by atoms with Crippen molar-refractivity contribution in [1.82, 2.24) is 4.90 Å². The number of hydrogen-bond donors (Lipinski definition) is 3. The Bertz CT molecular complexity index is 221. The molecule has 0 aromatic rings. The maximum absolute atomic E-state index is 11.2. The molecule has 0 saturated carbocycles. The van der Waals surface area contributed by atoms with Gasteiger partial charge in [-0.25, -0.2) is 0 Å². The normalized spacial score (nSPS) is 38.5. The second-order valence-electron chi connectivity index (χ2n) is 3.84. The number of aliphatic hydroxyl groups excluding tert-OH is 3. The van der Waals surface area contributed by atoms with E-state index in [9.17, 15) is 15.0 Å². The average Bonchev–Trinajstić information content (AvgIpc) is 2.13. The van der Waals surface area contributed by atoms with Gasteiger partial charge in [0, 0.05) is 19.4 Å². The fourth-order valence-electron chi connectivity index (χ4n) is 1.83. The van der Waals surface area contributed by atoms with Crippen LogP contribution in [0.4, 0.5) is 0 Å². The van der Waals surface area contributed by atoms with Crippen molar-refractivity contribution in [1.29, 1.82) is 0 Å². The lowest BCUT2D eigenvalue weighted by atomic mass is 9.87. The third-order valence-corrected chi connectivity index (χ3v) is 2.92. The highest BCUT2D eigenvalue weighted by molar-refractivity contribution is 5.74. The molecule has 1 aliphatic heterocycles. The van der Waals surface area contributed by atoms with Crippen LogP contribution in [0.25, 0.3) is 0 Å². The molecule has 0 bridgehead atoms. The lowest BCUT2D eigenvalue weighted by molar-refractivity contribution is -0.150. The minimum atomic E-state index is -0.868. The Labute approximate surface area is 83.0 Å². The van der Waals surface area contributed by atoms with Crippen LogP contribution < -0.4 is 0 Å². The van der Waals surface area contributed by atoms with E-state index in [1.807, 2.05) is 0 Å². The summed E-state index contributed by atoms with van der Waals surface area (Å²) in [6.07, 6.45) is -1.59. The molecule has 5 nitrogen and oxygen atoms in total. The monoisotopic (exact) mass is 203 g/mol. The summed E-state index contributed by atoms with van der Waals surface area (Å²) >= 11 is 0. The maximum Gasteiger partial charge on any atom is 0.219 e. The summed E-state index contributed by atoms with van der Waals surface area (Å²) in [5.74, 6) is -0.559. The largest absolute Gasteiger partial charge is 0.394 e. The van der Waals surface area contributed by atoms with Gasteiger partial charge in [-0.05, 0) is 0 Å². The number of likely N-dealkylation sites (tertiary alicyclic amines) is 1. The molecule has 1 heterocycles. The molecular formula is C9H17NO4. The Morgan fingerprint density at radius 1 is 1.50 bits per heavy atom. The molecule has 14 heavy (non-hydrogen) atoms. The number of hydrogen-bond acceptors (Lipinski definition) is 4. The third kappa shape index (κ3) is 1.89. The van der Waals surface area contributed by atoms with Crippen molar-refractivity contribution in [3.05, 3.63) is 0 Å². The number of amides is 1. The van der Waals surface area contributed by atoms with Crippen molar-refractivity contribution in [3.63, 3.8) is 0 Å². The fourth-order valence-corrected chi connectivity index (χ4v) is 1.83. The third-order valence-electron chi connectivity index (χ3n) is 2.92. The first kappa shape index (κ1) is 11.4. The molecule has 0 radical (unpaired) electrons. The second-order valence-corrected chi connectivity index (χ2v) is 3.84. The molecule has 5 heteroatoms. The lowest BCUT2D eigenvalue weighted by Crippen LogP contribution is -2.60. The van der Waals surface area contributed by atoms with Gasteiger partial charge in [0.2, 0.25) is 5.91 Å². The zero-order valence-electron chi connectivity index (χ0n) is 8.42. The molecule has 1 rings (SSSR count). The molecule has 1 amide bonds. The van der Waals surface area contributed by atoms with Gasteiger partial charge in [0.25, 0.3) is 0 Å². The zero-order valence-corrected chi connectivity index (χ0v) is 8.42. The number of nitrogens with zero attached hydrogens (tertiary/aromatic N) is 1. The number of rotatable bonds is 1. The lowest BCUT2D eigenvalue weighted by Gasteiger charge is -2.43. The van der Waals surface area contributed by atoms with Gasteiger partial charge in [0.05, 0.1) is 24.9 Å². The first-order valence-corrected chi connectivity index (χ1v) is 4.73. The van der Waals surface area contributed by atoms with E-state index in [0.29, 0.717) is 0 Å². The van der Waals surface area contributed by atoms with Gasteiger partial charge in [0.1, 0.15) is 0 Å². The molecular weight excluding hydrogens is 186 g/mol. The highest BCUT2D eigenvalue weighted by Crippen LogP contribution is 2.23. The van der Waals surface area contributed by atoms with Crippen LogP contribution in [0.3, 0.4) is 0 Å². The number of piperidine rings is 1. The van der Waals surface area contributed by atoms with Gasteiger partial charge >= 0.3 is 0 Å². The van der Waals surface area contributed by atoms with E-state index in [2.05, 4.69) is 0 Å². The minimum Gasteiger partial charge on any atom is -0.394 e. The van der Waals surface area contributed by atoms with E-state index >= 15 is 0 Å². The van der Waals surface area contributed by atoms with Crippen LogP contribution in [0.2, 0.25) is 0 Å². The van der Waals surface area contributed by atoms with Crippen LogP contribution in [0.5, 0.6) is 0 Å². The number of β-amino-alcohol motifs (C(OH)–C–C–N with tert-alkyl or cyclic N) is 1. The Morgan fingerprint density at radius 2 is 2.07 bits per heavy atom. The molecule has 0 aromatic heterocycles. The van der Waals surface area contributed by atoms with E-state index in [4.69, 9.17) is 5.11 Å². The first-order valence-electron chi connectivity index (χ1n) is 4.73. The quantitative estimate of drug-likeness (QED) is 0.488. The molecule has 1 aliphatic rings. The van der Waals surface area contributed by atoms with E-state index in [0.717, 1.165) is 0 Å². The molecule has 0 aliphatic carbocycles. The van der Waals surface area contributed by atoms with Crippen molar-refractivity contribution in [3.8, 4) is 0 Å². The van der Waals surface area contributed by atoms with Crippen LogP contribution in [-0.4, -0.2) is 57.5 Å². The van der Waals surface area contributed by atoms with Gasteiger partial charge in [-0.15, -0.1) is 0 Å². The predicted molar refractivity (Wildman–Crippen MR) is 49.4 cm³/mol. The number of carbonyl (C=O) groups excluding carboxylic acids is 1. The first-order chi connectivity index (χ1) is 6.49. The topological polar surface area (TPSA) is 81.0 Å². The Balaban J connectivity index is 2.82. The Morgan fingerprint density at radius 3 is 2.50 bits per heavy atom. The van der Waals surface area contributed by atoms with Crippen LogP contribution in [0.15, 0.2) is 0 Å². The van der Waals surface area contributed by atoms with E-state index in [-0.39, 0.29) is 25.0 Å². The molecule has 4 atom stereocenters.